The largest absolute Gasteiger partial charge is 0.507 e. The first-order valence-corrected chi connectivity index (χ1v) is 39.1. The van der Waals surface area contributed by atoms with Crippen molar-refractivity contribution in [1.29, 1.82) is 0 Å². The summed E-state index contributed by atoms with van der Waals surface area (Å²) in [6.07, 6.45) is 0. The number of aliphatic hydroxyl groups is 3. The first-order chi connectivity index (χ1) is 54.5. The smallest absolute Gasteiger partial charge is 0.350 e. The van der Waals surface area contributed by atoms with Crippen LogP contribution in [0.5, 0.6) is 17.2 Å². The molecule has 3 atom stereocenters. The van der Waals surface area contributed by atoms with Gasteiger partial charge in [0.15, 0.2) is 15.4 Å². The van der Waals surface area contributed by atoms with Gasteiger partial charge in [0.25, 0.3) is 23.3 Å². The van der Waals surface area contributed by atoms with E-state index in [0.29, 0.717) is 82.8 Å². The number of anilines is 3. The summed E-state index contributed by atoms with van der Waals surface area (Å²) in [6, 6.07) is 25.1. The first kappa shape index (κ1) is 88.2. The molecule has 6 heterocycles. The van der Waals surface area contributed by atoms with Crippen LogP contribution >= 0.6 is 104 Å². The number of aromatic nitrogens is 3. The molecule has 3 unspecified atom stereocenters. The molecule has 26 nitrogen and oxygen atoms in total. The molecule has 3 aliphatic heterocycles. The zero-order valence-corrected chi connectivity index (χ0v) is 70.2. The van der Waals surface area contributed by atoms with Gasteiger partial charge in [0, 0.05) is 53.7 Å². The van der Waals surface area contributed by atoms with Crippen LogP contribution in [0.15, 0.2) is 126 Å². The van der Waals surface area contributed by atoms with E-state index in [9.17, 15) is 58.5 Å². The van der Waals surface area contributed by atoms with E-state index in [4.69, 9.17) is 108 Å². The number of Topliss-reactive ketones (excluding diaryl/α,β-unsaturated/α-hetero) is 3. The highest BCUT2D eigenvalue weighted by molar-refractivity contribution is 7.18. The van der Waals surface area contributed by atoms with Crippen LogP contribution in [0.25, 0.3) is 17.3 Å². The molecular weight excluding hydrogens is 1670 g/mol. The lowest BCUT2D eigenvalue weighted by Gasteiger charge is -2.24. The fraction of sp³-hybridized carbons (Fsp3) is 0.237. The number of carbonyl (C=O) groups excluding carboxylic acids is 9. The van der Waals surface area contributed by atoms with Gasteiger partial charge in [0.1, 0.15) is 49.2 Å². The molecule has 3 fully saturated rings. The van der Waals surface area contributed by atoms with Crippen molar-refractivity contribution in [2.45, 2.75) is 87.4 Å². The van der Waals surface area contributed by atoms with Crippen molar-refractivity contribution in [1.82, 2.24) is 15.0 Å². The number of methoxy groups -OCH3 is 3. The van der Waals surface area contributed by atoms with Crippen LogP contribution in [0.2, 0.25) is 30.1 Å². The summed E-state index contributed by atoms with van der Waals surface area (Å²) in [5.74, 6) is -7.51. The van der Waals surface area contributed by atoms with Crippen LogP contribution in [0.1, 0.15) is 142 Å². The number of halogens is 6. The number of hydrogen-bond acceptors (Lipinski definition) is 25. The summed E-state index contributed by atoms with van der Waals surface area (Å²) in [5.41, 5.74) is 4.64. The highest BCUT2D eigenvalue weighted by atomic mass is 35.5. The Balaban J connectivity index is 0.000000193. The Morgan fingerprint density at radius 2 is 0.626 bits per heavy atom. The molecule has 3 saturated heterocycles. The van der Waals surface area contributed by atoms with Gasteiger partial charge >= 0.3 is 35.6 Å². The maximum atomic E-state index is 13.4. The van der Waals surface area contributed by atoms with Crippen LogP contribution in [-0.2, 0) is 47.8 Å². The van der Waals surface area contributed by atoms with Crippen LogP contribution in [0, 0.1) is 41.5 Å². The second-order valence-electron chi connectivity index (χ2n) is 25.0. The molecule has 115 heavy (non-hydrogen) atoms. The highest BCUT2D eigenvalue weighted by Crippen LogP contribution is 2.51. The first-order valence-electron chi connectivity index (χ1n) is 34.3. The van der Waals surface area contributed by atoms with E-state index in [1.54, 1.807) is 153 Å². The maximum Gasteiger partial charge on any atom is 0.350 e. The molecule has 12 rings (SSSR count). The Bertz CT molecular complexity index is 5030. The van der Waals surface area contributed by atoms with E-state index in [-0.39, 0.29) is 98.9 Å². The van der Waals surface area contributed by atoms with Gasteiger partial charge < -0.3 is 48.8 Å². The molecule has 4 N–H and O–H groups in total. The van der Waals surface area contributed by atoms with Crippen molar-refractivity contribution in [3.05, 3.63) is 238 Å². The van der Waals surface area contributed by atoms with Gasteiger partial charge in [-0.25, -0.2) is 29.3 Å². The van der Waals surface area contributed by atoms with Gasteiger partial charge in [-0.05, 0) is 187 Å². The number of carbonyl (C=O) groups is 10. The average molecular weight is 1740 g/mol. The molecule has 3 amide bonds. The number of hydrogen-bond donors (Lipinski definition) is 4. The zero-order chi connectivity index (χ0) is 84.6. The topological polar surface area (TPSA) is 355 Å². The third kappa shape index (κ3) is 18.7. The van der Waals surface area contributed by atoms with Crippen LogP contribution < -0.4 is 28.9 Å². The lowest BCUT2D eigenvalue weighted by Crippen LogP contribution is -2.29. The Hall–Kier alpha value is -10.7. The van der Waals surface area contributed by atoms with Crippen LogP contribution in [-0.4, -0.2) is 135 Å². The minimum atomic E-state index is -1.13. The molecule has 3 aromatic heterocycles. The summed E-state index contributed by atoms with van der Waals surface area (Å²) >= 11 is 40.6. The molecule has 0 bridgehead atoms. The van der Waals surface area contributed by atoms with E-state index in [1.165, 1.54) is 39.5 Å². The number of ether oxygens (including phenoxy) is 6. The van der Waals surface area contributed by atoms with Crippen LogP contribution in [0.4, 0.5) is 15.4 Å². The van der Waals surface area contributed by atoms with Crippen LogP contribution in [0.3, 0.4) is 0 Å². The summed E-state index contributed by atoms with van der Waals surface area (Å²) in [5, 5.41) is 43.3. The monoisotopic (exact) mass is 1740 g/mol. The van der Waals surface area contributed by atoms with Crippen molar-refractivity contribution >= 4 is 195 Å². The highest BCUT2D eigenvalue weighted by Gasteiger charge is 2.52. The van der Waals surface area contributed by atoms with Gasteiger partial charge in [-0.2, -0.15) is 0 Å². The van der Waals surface area contributed by atoms with Gasteiger partial charge in [-0.15, -0.1) is 0 Å². The minimum absolute atomic E-state index is 0.0867. The number of nitrogens with zero attached hydrogens (tertiary/aromatic N) is 6. The SMILES string of the molecule is CC(=O)O.CCOC(=O)c1sc(N2C(=O)C(=O)/C(=C(/O)c3ccc(OC)c(C)c3)C2c2ccc(Cl)cc2Cl)nc1C.CCOC(=O)c1sc(N2C(=O)C(=O)/C(=C(/O)c3ccc(OC)c(C)c3)C2c2ccc(Cl)cc2Cl)nc1C.CCOC(=O)c1sc(N2C(=O)C(=O)/C(=C(/O)c3ccc(OC)c(C)c3)C2c2ccc(Cl)cc2Cl)nc1C. The Morgan fingerprint density at radius 3 is 0.826 bits per heavy atom. The molecule has 9 aromatic rings. The number of rotatable bonds is 18. The number of aryl methyl sites for hydroxylation is 6. The van der Waals surface area contributed by atoms with E-state index < -0.39 is 77.1 Å². The minimum Gasteiger partial charge on any atom is -0.507 e. The molecule has 0 aliphatic carbocycles. The third-order valence-corrected chi connectivity index (χ3v) is 22.6. The molecule has 0 spiro atoms. The average Bonchev–Trinajstić information content (AvgIpc) is 1.60. The zero-order valence-electron chi connectivity index (χ0n) is 63.2. The molecule has 35 heteroatoms. The maximum absolute atomic E-state index is 13.4. The van der Waals surface area contributed by atoms with E-state index >= 15 is 0 Å². The lowest BCUT2D eigenvalue weighted by molar-refractivity contribution is -0.134. The molecule has 0 radical (unpaired) electrons. The second-order valence-corrected chi connectivity index (χ2v) is 30.4. The van der Waals surface area contributed by atoms with Crippen molar-refractivity contribution in [3.63, 3.8) is 0 Å². The quantitative estimate of drug-likeness (QED) is 0.0204. The lowest BCUT2D eigenvalue weighted by atomic mass is 9.95. The van der Waals surface area contributed by atoms with Crippen molar-refractivity contribution < 1.29 is 96.8 Å². The fourth-order valence-corrected chi connectivity index (χ4v) is 16.8. The summed E-state index contributed by atoms with van der Waals surface area (Å²) < 4.78 is 31.1. The number of carboxylic acid groups (broad SMARTS) is 1. The molecular formula is C80H70Cl6N6O20S3. The summed E-state index contributed by atoms with van der Waals surface area (Å²) in [7, 11) is 4.57. The summed E-state index contributed by atoms with van der Waals surface area (Å²) in [4.78, 5) is 144. The number of aliphatic hydroxyl groups excluding tert-OH is 3. The number of thiazole rings is 3. The third-order valence-electron chi connectivity index (χ3n) is 17.5. The Kier molecular flexibility index (Phi) is 28.9. The molecule has 600 valence electrons. The predicted octanol–water partition coefficient (Wildman–Crippen LogP) is 17.7. The van der Waals surface area contributed by atoms with E-state index in [2.05, 4.69) is 15.0 Å². The molecule has 3 aliphatic rings. The van der Waals surface area contributed by atoms with E-state index in [0.717, 1.165) is 72.3 Å². The predicted molar refractivity (Wildman–Crippen MR) is 439 cm³/mol. The van der Waals surface area contributed by atoms with Gasteiger partial charge in [-0.1, -0.05) is 122 Å². The number of carboxylic acids is 1. The standard InChI is InChI=1S/3C26H22Cl2N2O6S.C2H4O2/c3*1-5-36-25(34)23-13(3)29-26(37-23)30-20(16-8-7-15(27)11-17(16)28)19(22(32)24(30)33)21(31)14-6-9-18(35-4)12(2)10-14;1-2(3)4/h3*6-11,20,31H,5H2,1-4H3;1H3,(H,3,4)/b3*21-19+;. The van der Waals surface area contributed by atoms with Gasteiger partial charge in [0.05, 0.1) is 93.1 Å². The number of ketones is 3. The van der Waals surface area contributed by atoms with Crippen molar-refractivity contribution in [3.8, 4) is 17.2 Å². The Morgan fingerprint density at radius 1 is 0.391 bits per heavy atom. The van der Waals surface area contributed by atoms with Crippen molar-refractivity contribution in [2.24, 2.45) is 0 Å². The van der Waals surface area contributed by atoms with Gasteiger partial charge in [0.2, 0.25) is 0 Å². The number of amides is 3. The number of esters is 3. The fourth-order valence-electron chi connectivity index (χ4n) is 12.3. The Labute approximate surface area is 700 Å². The van der Waals surface area contributed by atoms with Crippen molar-refractivity contribution in [2.75, 3.05) is 55.8 Å². The molecule has 6 aromatic carbocycles. The van der Waals surface area contributed by atoms with E-state index in [1.807, 2.05) is 0 Å². The second kappa shape index (κ2) is 37.7. The number of aliphatic carboxylic acids is 1. The number of benzene rings is 6. The normalized spacial score (nSPS) is 16.4. The summed E-state index contributed by atoms with van der Waals surface area (Å²) in [6.45, 7) is 16.8. The van der Waals surface area contributed by atoms with Gasteiger partial charge in [-0.3, -0.25) is 48.3 Å². The molecule has 0 saturated carbocycles.